The molecular formula is C53H84O9. The van der Waals surface area contributed by atoms with E-state index in [2.05, 4.69) is 123 Å². The smallest absolute Gasteiger partial charge is 0.306 e. The van der Waals surface area contributed by atoms with Crippen molar-refractivity contribution in [1.82, 2.24) is 0 Å². The third-order valence-corrected chi connectivity index (χ3v) is 9.89. The van der Waals surface area contributed by atoms with Crippen LogP contribution in [0.3, 0.4) is 0 Å². The number of rotatable bonds is 38. The van der Waals surface area contributed by atoms with Crippen LogP contribution in [-0.2, 0) is 23.7 Å². The summed E-state index contributed by atoms with van der Waals surface area (Å²) in [6.07, 6.45) is 55.2. The van der Waals surface area contributed by atoms with Crippen molar-refractivity contribution in [2.45, 2.75) is 179 Å². The van der Waals surface area contributed by atoms with Gasteiger partial charge in [-0.05, 0) is 89.9 Å². The topological polar surface area (TPSA) is 135 Å². The monoisotopic (exact) mass is 865 g/mol. The van der Waals surface area contributed by atoms with Gasteiger partial charge in [-0.3, -0.25) is 4.79 Å². The van der Waals surface area contributed by atoms with Crippen molar-refractivity contribution in [3.8, 4) is 0 Å². The summed E-state index contributed by atoms with van der Waals surface area (Å²) in [4.78, 5) is 12.8. The fourth-order valence-corrected chi connectivity index (χ4v) is 6.27. The van der Waals surface area contributed by atoms with E-state index >= 15 is 0 Å². The zero-order valence-corrected chi connectivity index (χ0v) is 38.3. The van der Waals surface area contributed by atoms with E-state index in [1.54, 1.807) is 0 Å². The minimum absolute atomic E-state index is 0.0976. The van der Waals surface area contributed by atoms with Gasteiger partial charge >= 0.3 is 5.97 Å². The van der Waals surface area contributed by atoms with E-state index in [4.69, 9.17) is 18.9 Å². The first-order valence-electron chi connectivity index (χ1n) is 23.6. The van der Waals surface area contributed by atoms with E-state index in [0.29, 0.717) is 13.0 Å². The molecule has 1 aliphatic rings. The molecule has 0 aromatic heterocycles. The molecule has 0 aliphatic carbocycles. The highest BCUT2D eigenvalue weighted by atomic mass is 16.7. The lowest BCUT2D eigenvalue weighted by molar-refractivity contribution is -0.305. The summed E-state index contributed by atoms with van der Waals surface area (Å²) >= 11 is 0. The molecule has 1 fully saturated rings. The first-order valence-corrected chi connectivity index (χ1v) is 23.6. The van der Waals surface area contributed by atoms with Crippen LogP contribution in [0.25, 0.3) is 0 Å². The third-order valence-electron chi connectivity index (χ3n) is 9.89. The predicted octanol–water partition coefficient (Wildman–Crippen LogP) is 11.1. The van der Waals surface area contributed by atoms with Gasteiger partial charge in [0.1, 0.15) is 30.5 Å². The van der Waals surface area contributed by atoms with Crippen molar-refractivity contribution < 1.29 is 44.2 Å². The number of ether oxygens (including phenoxy) is 4. The molecule has 6 atom stereocenters. The zero-order chi connectivity index (χ0) is 45.0. The highest BCUT2D eigenvalue weighted by Gasteiger charge is 2.44. The van der Waals surface area contributed by atoms with Crippen LogP contribution in [0, 0.1) is 0 Å². The van der Waals surface area contributed by atoms with Gasteiger partial charge in [-0.2, -0.15) is 0 Å². The number of aliphatic hydroxyl groups excluding tert-OH is 4. The molecule has 1 rings (SSSR count). The molecule has 0 aromatic rings. The van der Waals surface area contributed by atoms with E-state index in [0.717, 1.165) is 89.9 Å². The van der Waals surface area contributed by atoms with Crippen LogP contribution in [0.2, 0.25) is 0 Å². The number of carbonyl (C=O) groups excluding carboxylic acids is 1. The van der Waals surface area contributed by atoms with Gasteiger partial charge in [0.05, 0.1) is 19.8 Å². The Hall–Kier alpha value is -3.41. The summed E-state index contributed by atoms with van der Waals surface area (Å²) in [5.41, 5.74) is 0. The second-order valence-electron chi connectivity index (χ2n) is 15.4. The van der Waals surface area contributed by atoms with Crippen molar-refractivity contribution in [1.29, 1.82) is 0 Å². The average molecular weight is 865 g/mol. The minimum atomic E-state index is -1.56. The van der Waals surface area contributed by atoms with Gasteiger partial charge in [-0.15, -0.1) is 0 Å². The SMILES string of the molecule is CC/C=C\C/C=C\C/C=C\C/C=C\C/C=C\C/C=C\CCC(=O)OC(COCCCCCCCCC/C=C\C/C=C\C/C=C\C/C=C\CC)COC1OC(CO)C(O)C(O)C1O. The van der Waals surface area contributed by atoms with Gasteiger partial charge < -0.3 is 39.4 Å². The van der Waals surface area contributed by atoms with Crippen LogP contribution in [0.5, 0.6) is 0 Å². The van der Waals surface area contributed by atoms with E-state index in [1.807, 2.05) is 12.2 Å². The summed E-state index contributed by atoms with van der Waals surface area (Å²) in [5, 5.41) is 40.2. The minimum Gasteiger partial charge on any atom is -0.457 e. The van der Waals surface area contributed by atoms with Gasteiger partial charge in [0.25, 0.3) is 0 Å². The van der Waals surface area contributed by atoms with Crippen molar-refractivity contribution in [2.24, 2.45) is 0 Å². The predicted molar refractivity (Wildman–Crippen MR) is 256 cm³/mol. The second kappa shape index (κ2) is 42.9. The molecule has 62 heavy (non-hydrogen) atoms. The molecule has 0 amide bonds. The van der Waals surface area contributed by atoms with E-state index < -0.39 is 49.4 Å². The number of allylic oxidation sites excluding steroid dienone is 20. The van der Waals surface area contributed by atoms with Gasteiger partial charge in [-0.25, -0.2) is 0 Å². The van der Waals surface area contributed by atoms with Crippen molar-refractivity contribution in [3.63, 3.8) is 0 Å². The Bertz CT molecular complexity index is 1350. The summed E-state index contributed by atoms with van der Waals surface area (Å²) in [6, 6.07) is 0. The highest BCUT2D eigenvalue weighted by Crippen LogP contribution is 2.22. The second-order valence-corrected chi connectivity index (χ2v) is 15.4. The molecular weight excluding hydrogens is 781 g/mol. The van der Waals surface area contributed by atoms with Crippen LogP contribution < -0.4 is 0 Å². The molecule has 1 aliphatic heterocycles. The summed E-state index contributed by atoms with van der Waals surface area (Å²) in [7, 11) is 0. The molecule has 0 saturated carbocycles. The van der Waals surface area contributed by atoms with Crippen LogP contribution >= 0.6 is 0 Å². The Labute approximate surface area is 376 Å². The lowest BCUT2D eigenvalue weighted by Crippen LogP contribution is -2.59. The first kappa shape index (κ1) is 56.6. The molecule has 350 valence electrons. The summed E-state index contributed by atoms with van der Waals surface area (Å²) < 4.78 is 22.7. The number of carbonyl (C=O) groups is 1. The number of aliphatic hydroxyl groups is 4. The van der Waals surface area contributed by atoms with Gasteiger partial charge in [0.15, 0.2) is 6.29 Å². The molecule has 1 heterocycles. The number of esters is 1. The standard InChI is InChI=1S/C53H84O9/c1-3-5-7-9-11-13-15-17-19-21-23-25-27-29-31-33-35-37-39-41-43-59-45-47(46-60-53-52(58)51(57)50(56)48(44-54)62-53)61-49(55)42-40-38-36-34-32-30-28-26-24-22-20-18-16-14-12-10-8-6-4-2/h5-8,11-14,17-20,23-26,30,32,36,38,47-48,50-54,56-58H,3-4,9-10,15-16,21-22,27-29,31,33-35,37,39-46H2,1-2H3/b7-5-,8-6-,13-11-,14-12-,19-17-,20-18-,25-23-,26-24-,32-30-,38-36-. The summed E-state index contributed by atoms with van der Waals surface area (Å²) in [6.45, 7) is 4.18. The Morgan fingerprint density at radius 2 is 0.935 bits per heavy atom. The molecule has 4 N–H and O–H groups in total. The molecule has 1 saturated heterocycles. The van der Waals surface area contributed by atoms with Crippen molar-refractivity contribution >= 4 is 5.97 Å². The zero-order valence-electron chi connectivity index (χ0n) is 38.3. The fraction of sp³-hybridized carbons (Fsp3) is 0.604. The maximum absolute atomic E-state index is 12.8. The number of hydrogen-bond donors (Lipinski definition) is 4. The Morgan fingerprint density at radius 3 is 1.40 bits per heavy atom. The van der Waals surface area contributed by atoms with Crippen LogP contribution in [0.4, 0.5) is 0 Å². The largest absolute Gasteiger partial charge is 0.457 e. The van der Waals surface area contributed by atoms with Gasteiger partial charge in [0, 0.05) is 13.0 Å². The lowest BCUT2D eigenvalue weighted by Gasteiger charge is -2.39. The third kappa shape index (κ3) is 33.2. The van der Waals surface area contributed by atoms with Gasteiger partial charge in [-0.1, -0.05) is 167 Å². The normalized spacial score (nSPS) is 20.9. The van der Waals surface area contributed by atoms with Gasteiger partial charge in [0.2, 0.25) is 0 Å². The Morgan fingerprint density at radius 1 is 0.516 bits per heavy atom. The maximum Gasteiger partial charge on any atom is 0.306 e. The molecule has 9 heteroatoms. The molecule has 9 nitrogen and oxygen atoms in total. The van der Waals surface area contributed by atoms with Crippen molar-refractivity contribution in [2.75, 3.05) is 26.4 Å². The molecule has 0 bridgehead atoms. The highest BCUT2D eigenvalue weighted by molar-refractivity contribution is 5.69. The quantitative estimate of drug-likeness (QED) is 0.0272. The molecule has 6 unspecified atom stereocenters. The lowest BCUT2D eigenvalue weighted by atomic mass is 9.99. The van der Waals surface area contributed by atoms with Crippen molar-refractivity contribution in [3.05, 3.63) is 122 Å². The van der Waals surface area contributed by atoms with Crippen LogP contribution in [-0.4, -0.2) is 89.6 Å². The Balaban J connectivity index is 2.33. The molecule has 0 aromatic carbocycles. The van der Waals surface area contributed by atoms with E-state index in [-0.39, 0.29) is 19.6 Å². The molecule has 0 radical (unpaired) electrons. The summed E-state index contributed by atoms with van der Waals surface area (Å²) in [5.74, 6) is -0.405. The van der Waals surface area contributed by atoms with Crippen LogP contribution in [0.15, 0.2) is 122 Å². The average Bonchev–Trinajstić information content (AvgIpc) is 3.27. The number of hydrogen-bond acceptors (Lipinski definition) is 9. The van der Waals surface area contributed by atoms with E-state index in [1.165, 1.54) is 25.7 Å². The van der Waals surface area contributed by atoms with E-state index in [9.17, 15) is 25.2 Å². The molecule has 0 spiro atoms. The fourth-order valence-electron chi connectivity index (χ4n) is 6.27. The van der Waals surface area contributed by atoms with Crippen LogP contribution in [0.1, 0.15) is 142 Å². The first-order chi connectivity index (χ1) is 30.4. The Kier molecular flexibility index (Phi) is 39.1. The number of unbranched alkanes of at least 4 members (excludes halogenated alkanes) is 7. The maximum atomic E-state index is 12.8.